The highest BCUT2D eigenvalue weighted by Gasteiger charge is 2.29. The molecule has 74 valence electrons. The molecule has 0 atom stereocenters. The molecule has 0 unspecified atom stereocenters. The van der Waals surface area contributed by atoms with Crippen molar-refractivity contribution in [2.75, 3.05) is 0 Å². The summed E-state index contributed by atoms with van der Waals surface area (Å²) in [7, 11) is 0. The molecule has 1 aliphatic rings. The first kappa shape index (κ1) is 9.41. The molecule has 1 aromatic rings. The van der Waals surface area contributed by atoms with E-state index in [4.69, 9.17) is 4.74 Å². The maximum absolute atomic E-state index is 10.4. The Hall–Kier alpha value is -1.15. The normalized spacial score (nSPS) is 25.4. The van der Waals surface area contributed by atoms with E-state index in [0.29, 0.717) is 12.7 Å². The van der Waals surface area contributed by atoms with E-state index in [9.17, 15) is 4.79 Å². The van der Waals surface area contributed by atoms with Crippen molar-refractivity contribution in [2.24, 2.45) is 5.92 Å². The van der Waals surface area contributed by atoms with Crippen LogP contribution >= 0.6 is 0 Å². The SMILES string of the molecule is O=C[C@H]1C[C@@H](OCc2ccccc2)C1. The minimum Gasteiger partial charge on any atom is -0.373 e. The van der Waals surface area contributed by atoms with Crippen LogP contribution in [-0.2, 0) is 16.1 Å². The molecule has 1 aromatic carbocycles. The van der Waals surface area contributed by atoms with Gasteiger partial charge in [0, 0.05) is 5.92 Å². The molecule has 0 radical (unpaired) electrons. The van der Waals surface area contributed by atoms with Crippen molar-refractivity contribution in [3.05, 3.63) is 35.9 Å². The maximum atomic E-state index is 10.4. The van der Waals surface area contributed by atoms with Gasteiger partial charge in [-0.3, -0.25) is 0 Å². The minimum atomic E-state index is 0.246. The Morgan fingerprint density at radius 3 is 2.64 bits per heavy atom. The summed E-state index contributed by atoms with van der Waals surface area (Å²) < 4.78 is 5.64. The fourth-order valence-electron chi connectivity index (χ4n) is 1.64. The molecule has 0 bridgehead atoms. The number of carbonyl (C=O) groups excluding carboxylic acids is 1. The Bertz CT molecular complexity index is 288. The molecule has 0 aliphatic heterocycles. The summed E-state index contributed by atoms with van der Waals surface area (Å²) in [6, 6.07) is 10.1. The second-order valence-electron chi connectivity index (χ2n) is 3.79. The Morgan fingerprint density at radius 1 is 1.29 bits per heavy atom. The molecule has 2 rings (SSSR count). The molecule has 14 heavy (non-hydrogen) atoms. The van der Waals surface area contributed by atoms with Crippen molar-refractivity contribution in [3.63, 3.8) is 0 Å². The maximum Gasteiger partial charge on any atom is 0.123 e. The molecule has 2 nitrogen and oxygen atoms in total. The largest absolute Gasteiger partial charge is 0.373 e. The van der Waals surface area contributed by atoms with E-state index in [0.717, 1.165) is 19.1 Å². The van der Waals surface area contributed by atoms with Crippen LogP contribution in [0.4, 0.5) is 0 Å². The Kier molecular flexibility index (Phi) is 2.94. The molecule has 0 spiro atoms. The molecule has 1 aliphatic carbocycles. The molecule has 2 heteroatoms. The molecule has 1 fully saturated rings. The van der Waals surface area contributed by atoms with Crippen LogP contribution < -0.4 is 0 Å². The first-order chi connectivity index (χ1) is 6.88. The van der Waals surface area contributed by atoms with Crippen molar-refractivity contribution >= 4 is 6.29 Å². The van der Waals surface area contributed by atoms with Crippen molar-refractivity contribution in [1.82, 2.24) is 0 Å². The predicted molar refractivity (Wildman–Crippen MR) is 53.8 cm³/mol. The fraction of sp³-hybridized carbons (Fsp3) is 0.417. The van der Waals surface area contributed by atoms with Crippen LogP contribution in [0.3, 0.4) is 0 Å². The lowest BCUT2D eigenvalue weighted by molar-refractivity contribution is -0.120. The zero-order valence-electron chi connectivity index (χ0n) is 8.06. The van der Waals surface area contributed by atoms with E-state index in [1.54, 1.807) is 0 Å². The number of ether oxygens (including phenoxy) is 1. The average Bonchev–Trinajstić information content (AvgIpc) is 2.17. The third kappa shape index (κ3) is 2.20. The van der Waals surface area contributed by atoms with Crippen LogP contribution in [0.2, 0.25) is 0 Å². The van der Waals surface area contributed by atoms with E-state index in [1.165, 1.54) is 5.56 Å². The second kappa shape index (κ2) is 4.38. The number of carbonyl (C=O) groups is 1. The Balaban J connectivity index is 1.72. The quantitative estimate of drug-likeness (QED) is 0.680. The van der Waals surface area contributed by atoms with Gasteiger partial charge in [0.05, 0.1) is 12.7 Å². The summed E-state index contributed by atoms with van der Waals surface area (Å²) in [5.41, 5.74) is 1.20. The molecular formula is C12H14O2. The van der Waals surface area contributed by atoms with Gasteiger partial charge in [0.15, 0.2) is 0 Å². The summed E-state index contributed by atoms with van der Waals surface area (Å²) in [6.45, 7) is 0.664. The predicted octanol–water partition coefficient (Wildman–Crippen LogP) is 2.18. The summed E-state index contributed by atoms with van der Waals surface area (Å²) in [6.07, 6.45) is 3.13. The van der Waals surface area contributed by atoms with Gasteiger partial charge >= 0.3 is 0 Å². The molecular weight excluding hydrogens is 176 g/mol. The van der Waals surface area contributed by atoms with Gasteiger partial charge in [-0.25, -0.2) is 0 Å². The van der Waals surface area contributed by atoms with E-state index >= 15 is 0 Å². The minimum absolute atomic E-state index is 0.246. The van der Waals surface area contributed by atoms with Gasteiger partial charge in [0.2, 0.25) is 0 Å². The lowest BCUT2D eigenvalue weighted by Crippen LogP contribution is -2.31. The summed E-state index contributed by atoms with van der Waals surface area (Å²) >= 11 is 0. The number of benzene rings is 1. The smallest absolute Gasteiger partial charge is 0.123 e. The summed E-state index contributed by atoms with van der Waals surface area (Å²) in [5, 5.41) is 0. The van der Waals surface area contributed by atoms with E-state index in [1.807, 2.05) is 18.2 Å². The molecule has 0 N–H and O–H groups in total. The average molecular weight is 190 g/mol. The van der Waals surface area contributed by atoms with Gasteiger partial charge in [0.25, 0.3) is 0 Å². The second-order valence-corrected chi connectivity index (χ2v) is 3.79. The number of hydrogen-bond donors (Lipinski definition) is 0. The van der Waals surface area contributed by atoms with Crippen molar-refractivity contribution < 1.29 is 9.53 Å². The molecule has 0 saturated heterocycles. The fourth-order valence-corrected chi connectivity index (χ4v) is 1.64. The number of aldehydes is 1. The highest BCUT2D eigenvalue weighted by Crippen LogP contribution is 2.28. The van der Waals surface area contributed by atoms with E-state index in [2.05, 4.69) is 12.1 Å². The van der Waals surface area contributed by atoms with Gasteiger partial charge in [-0.15, -0.1) is 0 Å². The third-order valence-electron chi connectivity index (χ3n) is 2.65. The van der Waals surface area contributed by atoms with Crippen LogP contribution in [0.25, 0.3) is 0 Å². The monoisotopic (exact) mass is 190 g/mol. The van der Waals surface area contributed by atoms with Gasteiger partial charge < -0.3 is 9.53 Å². The molecule has 0 amide bonds. The van der Waals surface area contributed by atoms with E-state index < -0.39 is 0 Å². The first-order valence-corrected chi connectivity index (χ1v) is 4.99. The number of hydrogen-bond acceptors (Lipinski definition) is 2. The Morgan fingerprint density at radius 2 is 2.00 bits per heavy atom. The van der Waals surface area contributed by atoms with Crippen molar-refractivity contribution in [3.8, 4) is 0 Å². The standard InChI is InChI=1S/C12H14O2/c13-8-11-6-12(7-11)14-9-10-4-2-1-3-5-10/h1-5,8,11-12H,6-7,9H2/t11-,12+. The topological polar surface area (TPSA) is 26.3 Å². The lowest BCUT2D eigenvalue weighted by atomic mass is 9.83. The molecule has 0 heterocycles. The summed E-state index contributed by atoms with van der Waals surface area (Å²) in [4.78, 5) is 10.4. The van der Waals surface area contributed by atoms with Gasteiger partial charge in [-0.2, -0.15) is 0 Å². The summed E-state index contributed by atoms with van der Waals surface area (Å²) in [5.74, 6) is 0.246. The molecule has 1 saturated carbocycles. The van der Waals surface area contributed by atoms with Crippen LogP contribution in [0.15, 0.2) is 30.3 Å². The highest BCUT2D eigenvalue weighted by molar-refractivity contribution is 5.55. The van der Waals surface area contributed by atoms with Crippen molar-refractivity contribution in [1.29, 1.82) is 0 Å². The third-order valence-corrected chi connectivity index (χ3v) is 2.65. The Labute approximate surface area is 83.9 Å². The van der Waals surface area contributed by atoms with Gasteiger partial charge in [-0.05, 0) is 18.4 Å². The highest BCUT2D eigenvalue weighted by atomic mass is 16.5. The first-order valence-electron chi connectivity index (χ1n) is 4.99. The van der Waals surface area contributed by atoms with Crippen LogP contribution in [0.5, 0.6) is 0 Å². The van der Waals surface area contributed by atoms with Crippen LogP contribution in [0, 0.1) is 5.92 Å². The number of rotatable bonds is 4. The van der Waals surface area contributed by atoms with E-state index in [-0.39, 0.29) is 5.92 Å². The zero-order chi connectivity index (χ0) is 9.80. The van der Waals surface area contributed by atoms with Gasteiger partial charge in [0.1, 0.15) is 6.29 Å². The molecule has 0 aromatic heterocycles. The lowest BCUT2D eigenvalue weighted by Gasteiger charge is -2.31. The van der Waals surface area contributed by atoms with Gasteiger partial charge in [-0.1, -0.05) is 30.3 Å². The zero-order valence-corrected chi connectivity index (χ0v) is 8.06. The van der Waals surface area contributed by atoms with Crippen molar-refractivity contribution in [2.45, 2.75) is 25.6 Å². The van der Waals surface area contributed by atoms with Crippen LogP contribution in [-0.4, -0.2) is 12.4 Å². The van der Waals surface area contributed by atoms with Crippen LogP contribution in [0.1, 0.15) is 18.4 Å².